The van der Waals surface area contributed by atoms with Gasteiger partial charge in [-0.05, 0) is 43.9 Å². The monoisotopic (exact) mass is 345 g/mol. The Hall–Kier alpha value is -2.01. The topological polar surface area (TPSA) is 48.0 Å². The molecule has 1 saturated heterocycles. The van der Waals surface area contributed by atoms with E-state index in [-0.39, 0.29) is 11.5 Å². The average molecular weight is 345 g/mol. The lowest BCUT2D eigenvalue weighted by Gasteiger charge is -2.42. The molecule has 0 N–H and O–H groups in total. The lowest BCUT2D eigenvalue weighted by molar-refractivity contribution is -0.135. The van der Waals surface area contributed by atoms with Crippen molar-refractivity contribution in [3.63, 3.8) is 0 Å². The molecule has 0 atom stereocenters. The van der Waals surface area contributed by atoms with E-state index in [0.717, 1.165) is 44.5 Å². The zero-order valence-corrected chi connectivity index (χ0v) is 15.3. The summed E-state index contributed by atoms with van der Waals surface area (Å²) in [7, 11) is 3.21. The second-order valence-electron chi connectivity index (χ2n) is 6.90. The molecular weight excluding hydrogens is 318 g/mol. The fourth-order valence-corrected chi connectivity index (χ4v) is 3.68. The Balaban J connectivity index is 1.61. The van der Waals surface area contributed by atoms with Crippen LogP contribution < -0.4 is 9.47 Å². The lowest BCUT2D eigenvalue weighted by Crippen LogP contribution is -2.48. The summed E-state index contributed by atoms with van der Waals surface area (Å²) >= 11 is 0. The van der Waals surface area contributed by atoms with Gasteiger partial charge in [-0.2, -0.15) is 0 Å². The zero-order valence-electron chi connectivity index (χ0n) is 15.3. The largest absolute Gasteiger partial charge is 0.493 e. The van der Waals surface area contributed by atoms with E-state index in [0.29, 0.717) is 17.9 Å². The maximum atomic E-state index is 12.7. The first kappa shape index (κ1) is 17.8. The summed E-state index contributed by atoms with van der Waals surface area (Å²) in [6.45, 7) is 4.45. The SMILES string of the molecule is COc1ccc(CC(=O)N2CCC3(C=C(C)CCO3)CC2)cc1OC. The lowest BCUT2D eigenvalue weighted by atomic mass is 9.87. The normalized spacial score (nSPS) is 19.5. The van der Waals surface area contributed by atoms with Crippen molar-refractivity contribution in [2.45, 2.75) is 38.2 Å². The predicted octanol–water partition coefficient (Wildman–Crippen LogP) is 2.97. The van der Waals surface area contributed by atoms with Gasteiger partial charge in [0.2, 0.25) is 5.91 Å². The summed E-state index contributed by atoms with van der Waals surface area (Å²) < 4.78 is 16.6. The van der Waals surface area contributed by atoms with Crippen LogP contribution in [0.1, 0.15) is 31.7 Å². The minimum Gasteiger partial charge on any atom is -0.493 e. The van der Waals surface area contributed by atoms with Crippen molar-refractivity contribution in [2.75, 3.05) is 33.9 Å². The Morgan fingerprint density at radius 2 is 1.92 bits per heavy atom. The van der Waals surface area contributed by atoms with Crippen LogP contribution in [0.2, 0.25) is 0 Å². The number of hydrogen-bond donors (Lipinski definition) is 0. The van der Waals surface area contributed by atoms with Crippen molar-refractivity contribution >= 4 is 5.91 Å². The van der Waals surface area contributed by atoms with Crippen LogP contribution in [0.15, 0.2) is 29.8 Å². The maximum absolute atomic E-state index is 12.7. The van der Waals surface area contributed by atoms with E-state index in [1.165, 1.54) is 5.57 Å². The standard InChI is InChI=1S/C20H27NO4/c1-15-6-11-25-20(14-15)7-9-21(10-8-20)19(22)13-16-4-5-17(23-2)18(12-16)24-3/h4-5,12,14H,6-11,13H2,1-3H3. The number of methoxy groups -OCH3 is 2. The highest BCUT2D eigenvalue weighted by Gasteiger charge is 2.36. The average Bonchev–Trinajstić information content (AvgIpc) is 2.62. The number of ether oxygens (including phenoxy) is 3. The summed E-state index contributed by atoms with van der Waals surface area (Å²) in [4.78, 5) is 14.6. The van der Waals surface area contributed by atoms with Crippen molar-refractivity contribution in [1.29, 1.82) is 0 Å². The van der Waals surface area contributed by atoms with Gasteiger partial charge in [-0.3, -0.25) is 4.79 Å². The summed E-state index contributed by atoms with van der Waals surface area (Å²) in [6, 6.07) is 5.63. The minimum absolute atomic E-state index is 0.150. The number of piperidine rings is 1. The molecule has 136 valence electrons. The molecule has 1 amide bonds. The molecular formula is C20H27NO4. The molecule has 25 heavy (non-hydrogen) atoms. The molecule has 0 aliphatic carbocycles. The molecule has 0 unspecified atom stereocenters. The van der Waals surface area contributed by atoms with Crippen molar-refractivity contribution in [3.05, 3.63) is 35.4 Å². The number of rotatable bonds is 4. The molecule has 1 aromatic carbocycles. The van der Waals surface area contributed by atoms with Gasteiger partial charge in [0, 0.05) is 13.1 Å². The Labute approximate surface area is 149 Å². The van der Waals surface area contributed by atoms with Crippen molar-refractivity contribution in [3.8, 4) is 11.5 Å². The molecule has 0 aromatic heterocycles. The van der Waals surface area contributed by atoms with Gasteiger partial charge >= 0.3 is 0 Å². The Bertz CT molecular complexity index is 660. The van der Waals surface area contributed by atoms with Gasteiger partial charge < -0.3 is 19.1 Å². The smallest absolute Gasteiger partial charge is 0.226 e. The third-order valence-corrected chi connectivity index (χ3v) is 5.16. The van der Waals surface area contributed by atoms with Gasteiger partial charge in [0.25, 0.3) is 0 Å². The molecule has 0 saturated carbocycles. The second kappa shape index (κ2) is 7.48. The molecule has 3 rings (SSSR count). The van der Waals surface area contributed by atoms with E-state index in [1.54, 1.807) is 14.2 Å². The quantitative estimate of drug-likeness (QED) is 0.787. The van der Waals surface area contributed by atoms with Gasteiger partial charge in [-0.15, -0.1) is 0 Å². The van der Waals surface area contributed by atoms with Crippen LogP contribution >= 0.6 is 0 Å². The molecule has 0 radical (unpaired) electrons. The third-order valence-electron chi connectivity index (χ3n) is 5.16. The molecule has 1 aromatic rings. The van der Waals surface area contributed by atoms with Crippen LogP contribution in [0.4, 0.5) is 0 Å². The van der Waals surface area contributed by atoms with Crippen LogP contribution in [0, 0.1) is 0 Å². The first-order chi connectivity index (χ1) is 12.0. The van der Waals surface area contributed by atoms with Crippen LogP contribution in [-0.2, 0) is 16.0 Å². The number of carbonyl (C=O) groups is 1. The van der Waals surface area contributed by atoms with Gasteiger partial charge in [-0.1, -0.05) is 17.7 Å². The highest BCUT2D eigenvalue weighted by atomic mass is 16.5. The summed E-state index contributed by atoms with van der Waals surface area (Å²) in [6.07, 6.45) is 5.42. The highest BCUT2D eigenvalue weighted by molar-refractivity contribution is 5.79. The Kier molecular flexibility index (Phi) is 5.33. The minimum atomic E-state index is -0.150. The number of benzene rings is 1. The fourth-order valence-electron chi connectivity index (χ4n) is 3.68. The van der Waals surface area contributed by atoms with Crippen molar-refractivity contribution in [2.24, 2.45) is 0 Å². The molecule has 1 fully saturated rings. The molecule has 1 spiro atoms. The van der Waals surface area contributed by atoms with Crippen LogP contribution in [-0.4, -0.2) is 50.3 Å². The number of likely N-dealkylation sites (tertiary alicyclic amines) is 1. The van der Waals surface area contributed by atoms with Crippen molar-refractivity contribution < 1.29 is 19.0 Å². The van der Waals surface area contributed by atoms with E-state index in [2.05, 4.69) is 13.0 Å². The van der Waals surface area contributed by atoms with E-state index in [4.69, 9.17) is 14.2 Å². The summed E-state index contributed by atoms with van der Waals surface area (Å²) in [5.74, 6) is 1.48. The number of carbonyl (C=O) groups excluding carboxylic acids is 1. The second-order valence-corrected chi connectivity index (χ2v) is 6.90. The number of nitrogens with zero attached hydrogens (tertiary/aromatic N) is 1. The molecule has 2 heterocycles. The van der Waals surface area contributed by atoms with Crippen molar-refractivity contribution in [1.82, 2.24) is 4.90 Å². The van der Waals surface area contributed by atoms with E-state index < -0.39 is 0 Å². The van der Waals surface area contributed by atoms with E-state index in [9.17, 15) is 4.79 Å². The van der Waals surface area contributed by atoms with E-state index in [1.807, 2.05) is 23.1 Å². The van der Waals surface area contributed by atoms with Crippen LogP contribution in [0.25, 0.3) is 0 Å². The highest BCUT2D eigenvalue weighted by Crippen LogP contribution is 2.33. The van der Waals surface area contributed by atoms with Crippen LogP contribution in [0.3, 0.4) is 0 Å². The number of amides is 1. The van der Waals surface area contributed by atoms with E-state index >= 15 is 0 Å². The predicted molar refractivity (Wildman–Crippen MR) is 96.1 cm³/mol. The number of hydrogen-bond acceptors (Lipinski definition) is 4. The van der Waals surface area contributed by atoms with Gasteiger partial charge in [0.1, 0.15) is 0 Å². The maximum Gasteiger partial charge on any atom is 0.226 e. The third kappa shape index (κ3) is 3.98. The van der Waals surface area contributed by atoms with Gasteiger partial charge in [0.05, 0.1) is 32.8 Å². The molecule has 2 aliphatic heterocycles. The molecule has 5 nitrogen and oxygen atoms in total. The fraction of sp³-hybridized carbons (Fsp3) is 0.550. The van der Waals surface area contributed by atoms with Gasteiger partial charge in [-0.25, -0.2) is 0 Å². The summed E-state index contributed by atoms with van der Waals surface area (Å²) in [5.41, 5.74) is 2.19. The zero-order chi connectivity index (χ0) is 17.9. The van der Waals surface area contributed by atoms with Gasteiger partial charge in [0.15, 0.2) is 11.5 Å². The van der Waals surface area contributed by atoms with Crippen LogP contribution in [0.5, 0.6) is 11.5 Å². The molecule has 0 bridgehead atoms. The first-order valence-electron chi connectivity index (χ1n) is 8.86. The Morgan fingerprint density at radius 1 is 1.20 bits per heavy atom. The summed E-state index contributed by atoms with van der Waals surface area (Å²) in [5, 5.41) is 0. The molecule has 5 heteroatoms. The first-order valence-corrected chi connectivity index (χ1v) is 8.86. The molecule has 2 aliphatic rings. The Morgan fingerprint density at radius 3 is 2.56 bits per heavy atom.